The number of nitrogens with zero attached hydrogens (tertiary/aromatic N) is 2. The largest absolute Gasteiger partial charge is 0.385 e. The number of hydrogen-bond acceptors (Lipinski definition) is 6. The summed E-state index contributed by atoms with van der Waals surface area (Å²) in [5, 5.41) is 15.0. The lowest BCUT2D eigenvalue weighted by molar-refractivity contribution is 0.00380. The van der Waals surface area contributed by atoms with Gasteiger partial charge in [0.2, 0.25) is 0 Å². The number of aromatic nitrogens is 2. The summed E-state index contributed by atoms with van der Waals surface area (Å²) in [6, 6.07) is 1.58. The normalized spacial score (nSPS) is 12.6. The van der Waals surface area contributed by atoms with Gasteiger partial charge in [-0.15, -0.1) is 0 Å². The minimum atomic E-state index is -2.77. The van der Waals surface area contributed by atoms with Gasteiger partial charge in [-0.25, -0.2) is 18.7 Å². The second-order valence-corrected chi connectivity index (χ2v) is 3.93. The average Bonchev–Trinajstić information content (AvgIpc) is 2.35. The van der Waals surface area contributed by atoms with Gasteiger partial charge in [0.15, 0.2) is 5.16 Å². The van der Waals surface area contributed by atoms with E-state index in [4.69, 9.17) is 5.11 Å². The summed E-state index contributed by atoms with van der Waals surface area (Å²) in [7, 11) is 1.70. The maximum Gasteiger partial charge on any atom is 0.265 e. The quantitative estimate of drug-likeness (QED) is 0.531. The molecular formula is C9H14F2N4OS. The lowest BCUT2D eigenvalue weighted by atomic mass is 10.3. The van der Waals surface area contributed by atoms with Crippen LogP contribution in [0.2, 0.25) is 0 Å². The summed E-state index contributed by atoms with van der Waals surface area (Å²) >= 11 is 1.34. The molecule has 8 heteroatoms. The number of nitrogens with one attached hydrogen (secondary N) is 2. The van der Waals surface area contributed by atoms with Crippen LogP contribution in [0.15, 0.2) is 11.2 Å². The minimum absolute atomic E-state index is 0.258. The third-order valence-electron chi connectivity index (χ3n) is 1.93. The molecule has 1 atom stereocenters. The zero-order valence-electron chi connectivity index (χ0n) is 9.44. The highest BCUT2D eigenvalue weighted by Gasteiger charge is 2.16. The zero-order chi connectivity index (χ0) is 12.8. The zero-order valence-corrected chi connectivity index (χ0v) is 10.3. The van der Waals surface area contributed by atoms with Gasteiger partial charge in [0, 0.05) is 19.7 Å². The van der Waals surface area contributed by atoms with Crippen LogP contribution in [0.5, 0.6) is 0 Å². The van der Waals surface area contributed by atoms with E-state index in [-0.39, 0.29) is 6.54 Å². The SMILES string of the molecule is CNc1cc(NCC(O)C(F)F)nc(SC)n1. The summed E-state index contributed by atoms with van der Waals surface area (Å²) < 4.78 is 24.2. The lowest BCUT2D eigenvalue weighted by Gasteiger charge is -2.12. The van der Waals surface area contributed by atoms with E-state index in [0.29, 0.717) is 16.8 Å². The van der Waals surface area contributed by atoms with Crippen molar-refractivity contribution >= 4 is 23.4 Å². The molecule has 1 unspecified atom stereocenters. The van der Waals surface area contributed by atoms with E-state index in [2.05, 4.69) is 20.6 Å². The van der Waals surface area contributed by atoms with Crippen LogP contribution >= 0.6 is 11.8 Å². The fraction of sp³-hybridized carbons (Fsp3) is 0.556. The molecule has 0 saturated carbocycles. The third-order valence-corrected chi connectivity index (χ3v) is 2.48. The predicted molar refractivity (Wildman–Crippen MR) is 63.9 cm³/mol. The number of halogens is 2. The van der Waals surface area contributed by atoms with Gasteiger partial charge in [0.1, 0.15) is 17.7 Å². The molecule has 1 aromatic rings. The van der Waals surface area contributed by atoms with Crippen LogP contribution in [0.4, 0.5) is 20.4 Å². The molecule has 1 aromatic heterocycles. The van der Waals surface area contributed by atoms with E-state index in [1.54, 1.807) is 13.1 Å². The molecule has 0 radical (unpaired) electrons. The van der Waals surface area contributed by atoms with Crippen molar-refractivity contribution < 1.29 is 13.9 Å². The van der Waals surface area contributed by atoms with Crippen molar-refractivity contribution in [2.45, 2.75) is 17.7 Å². The molecule has 17 heavy (non-hydrogen) atoms. The van der Waals surface area contributed by atoms with Crippen molar-refractivity contribution in [1.29, 1.82) is 0 Å². The molecule has 0 aromatic carbocycles. The molecule has 3 N–H and O–H groups in total. The van der Waals surface area contributed by atoms with Crippen molar-refractivity contribution in [2.75, 3.05) is 30.5 Å². The molecule has 0 saturated heterocycles. The number of alkyl halides is 2. The monoisotopic (exact) mass is 264 g/mol. The predicted octanol–water partition coefficient (Wildman–Crippen LogP) is 1.28. The molecule has 0 bridgehead atoms. The number of aliphatic hydroxyl groups is 1. The number of aliphatic hydroxyl groups excluding tert-OH is 1. The van der Waals surface area contributed by atoms with E-state index >= 15 is 0 Å². The second-order valence-electron chi connectivity index (χ2n) is 3.16. The maximum atomic E-state index is 12.1. The highest BCUT2D eigenvalue weighted by molar-refractivity contribution is 7.98. The fourth-order valence-corrected chi connectivity index (χ4v) is 1.41. The fourth-order valence-electron chi connectivity index (χ4n) is 1.03. The second kappa shape index (κ2) is 6.55. The van der Waals surface area contributed by atoms with E-state index in [9.17, 15) is 8.78 Å². The molecule has 0 amide bonds. The third kappa shape index (κ3) is 4.31. The standard InChI is InChI=1S/C9H14F2N4OS/c1-12-6-3-7(15-9(14-6)17-2)13-4-5(16)8(10)11/h3,5,8,16H,4H2,1-2H3,(H2,12,13,14,15). The highest BCUT2D eigenvalue weighted by Crippen LogP contribution is 2.17. The van der Waals surface area contributed by atoms with Crippen molar-refractivity contribution in [3.63, 3.8) is 0 Å². The summed E-state index contributed by atoms with van der Waals surface area (Å²) in [6.07, 6.45) is -2.67. The molecule has 0 aliphatic rings. The first-order valence-electron chi connectivity index (χ1n) is 4.87. The van der Waals surface area contributed by atoms with Crippen LogP contribution in [0.1, 0.15) is 0 Å². The van der Waals surface area contributed by atoms with E-state index in [0.717, 1.165) is 0 Å². The average molecular weight is 264 g/mol. The molecule has 1 rings (SSSR count). The van der Waals surface area contributed by atoms with E-state index in [1.807, 2.05) is 6.26 Å². The van der Waals surface area contributed by atoms with E-state index in [1.165, 1.54) is 11.8 Å². The Morgan fingerprint density at radius 3 is 2.59 bits per heavy atom. The van der Waals surface area contributed by atoms with Gasteiger partial charge in [-0.3, -0.25) is 0 Å². The molecule has 1 heterocycles. The van der Waals surface area contributed by atoms with Gasteiger partial charge in [0.25, 0.3) is 6.43 Å². The van der Waals surface area contributed by atoms with Crippen molar-refractivity contribution in [2.24, 2.45) is 0 Å². The summed E-state index contributed by atoms with van der Waals surface area (Å²) in [5.74, 6) is 0.979. The van der Waals surface area contributed by atoms with Gasteiger partial charge >= 0.3 is 0 Å². The van der Waals surface area contributed by atoms with Gasteiger partial charge in [-0.2, -0.15) is 0 Å². The van der Waals surface area contributed by atoms with Gasteiger partial charge in [0.05, 0.1) is 0 Å². The Kier molecular flexibility index (Phi) is 5.36. The van der Waals surface area contributed by atoms with Crippen molar-refractivity contribution in [3.05, 3.63) is 6.07 Å². The molecule has 0 aliphatic heterocycles. The Morgan fingerprint density at radius 1 is 1.41 bits per heavy atom. The summed E-state index contributed by atoms with van der Waals surface area (Å²) in [5.41, 5.74) is 0. The van der Waals surface area contributed by atoms with Crippen molar-refractivity contribution in [3.8, 4) is 0 Å². The first-order valence-corrected chi connectivity index (χ1v) is 6.10. The van der Waals surface area contributed by atoms with Crippen LogP contribution < -0.4 is 10.6 Å². The number of rotatable bonds is 6. The van der Waals surface area contributed by atoms with Gasteiger partial charge in [-0.05, 0) is 6.26 Å². The highest BCUT2D eigenvalue weighted by atomic mass is 32.2. The number of thioether (sulfide) groups is 1. The minimum Gasteiger partial charge on any atom is -0.385 e. The Balaban J connectivity index is 2.70. The molecular weight excluding hydrogens is 250 g/mol. The Bertz CT molecular complexity index is 345. The maximum absolute atomic E-state index is 12.1. The molecule has 96 valence electrons. The van der Waals surface area contributed by atoms with Crippen molar-refractivity contribution in [1.82, 2.24) is 9.97 Å². The molecule has 0 fully saturated rings. The van der Waals surface area contributed by atoms with Gasteiger partial charge < -0.3 is 15.7 Å². The molecule has 5 nitrogen and oxygen atoms in total. The van der Waals surface area contributed by atoms with Crippen LogP contribution in [0.25, 0.3) is 0 Å². The van der Waals surface area contributed by atoms with Crippen LogP contribution in [0.3, 0.4) is 0 Å². The first kappa shape index (κ1) is 13.9. The smallest absolute Gasteiger partial charge is 0.265 e. The molecule has 0 aliphatic carbocycles. The summed E-state index contributed by atoms with van der Waals surface area (Å²) in [6.45, 7) is -0.258. The van der Waals surface area contributed by atoms with E-state index < -0.39 is 12.5 Å². The van der Waals surface area contributed by atoms with Crippen LogP contribution in [-0.4, -0.2) is 47.5 Å². The number of anilines is 2. The topological polar surface area (TPSA) is 70.1 Å². The summed E-state index contributed by atoms with van der Waals surface area (Å²) in [4.78, 5) is 8.20. The van der Waals surface area contributed by atoms with Gasteiger partial charge in [-0.1, -0.05) is 11.8 Å². The van der Waals surface area contributed by atoms with Crippen LogP contribution in [-0.2, 0) is 0 Å². The van der Waals surface area contributed by atoms with Crippen LogP contribution in [0, 0.1) is 0 Å². The number of hydrogen-bond donors (Lipinski definition) is 3. The Hall–Kier alpha value is -1.15. The Morgan fingerprint density at radius 2 is 2.06 bits per heavy atom. The molecule has 0 spiro atoms. The first-order chi connectivity index (χ1) is 8.06. The lowest BCUT2D eigenvalue weighted by Crippen LogP contribution is -2.27. The Labute approximate surface area is 102 Å².